The highest BCUT2D eigenvalue weighted by molar-refractivity contribution is 6.95. The molecule has 0 aliphatic heterocycles. The van der Waals surface area contributed by atoms with Crippen LogP contribution in [0.3, 0.4) is 0 Å². The molecule has 13 heavy (non-hydrogen) atoms. The summed E-state index contributed by atoms with van der Waals surface area (Å²) in [4.78, 5) is 0. The van der Waals surface area contributed by atoms with E-state index in [1.54, 1.807) is 0 Å². The number of rotatable bonds is 5. The Labute approximate surface area is 85.7 Å². The predicted octanol–water partition coefficient (Wildman–Crippen LogP) is 2.44. The second-order valence-corrected chi connectivity index (χ2v) is 16.9. The first-order valence-electron chi connectivity index (χ1n) is 4.43. The average molecular weight is 237 g/mol. The molecule has 0 aliphatic carbocycles. The van der Waals surface area contributed by atoms with Gasteiger partial charge in [-0.3, -0.25) is 0 Å². The van der Waals surface area contributed by atoms with Gasteiger partial charge in [-0.25, -0.2) is 4.39 Å². The molecule has 0 rings (SSSR count). The second kappa shape index (κ2) is 4.83. The van der Waals surface area contributed by atoms with Crippen LogP contribution in [0.25, 0.3) is 0 Å². The molecule has 0 fully saturated rings. The van der Waals surface area contributed by atoms with Crippen LogP contribution in [0.2, 0.25) is 39.3 Å². The molecule has 78 valence electrons. The standard InChI is InChI=1S/C7H20FNOSi3/c1-12(2,3)9(11-10-7-8)13(4,5)6/h7H2,1-6H3. The summed E-state index contributed by atoms with van der Waals surface area (Å²) in [5.74, 6) is 0. The second-order valence-electron chi connectivity index (χ2n) is 5.02. The normalized spacial score (nSPS) is 13.8. The fourth-order valence-electron chi connectivity index (χ4n) is 1.37. The quantitative estimate of drug-likeness (QED) is 0.681. The van der Waals surface area contributed by atoms with Gasteiger partial charge < -0.3 is 8.32 Å². The first kappa shape index (κ1) is 13.5. The SMILES string of the molecule is C[Si](C)(C)N([Si]OCF)[Si](C)(C)C. The molecular formula is C7H20FNOSi3. The maximum Gasteiger partial charge on any atom is 0.327 e. The van der Waals surface area contributed by atoms with E-state index in [0.29, 0.717) is 0 Å². The zero-order valence-electron chi connectivity index (χ0n) is 9.44. The van der Waals surface area contributed by atoms with Gasteiger partial charge in [-0.1, -0.05) is 39.3 Å². The van der Waals surface area contributed by atoms with Crippen molar-refractivity contribution in [2.75, 3.05) is 6.86 Å². The number of hydrogen-bond acceptors (Lipinski definition) is 2. The Bertz CT molecular complexity index is 141. The van der Waals surface area contributed by atoms with Gasteiger partial charge >= 0.3 is 9.92 Å². The first-order chi connectivity index (χ1) is 5.69. The van der Waals surface area contributed by atoms with Gasteiger partial charge in [0.15, 0.2) is 6.86 Å². The third-order valence-electron chi connectivity index (χ3n) is 1.55. The Morgan fingerprint density at radius 2 is 1.46 bits per heavy atom. The molecule has 0 aromatic rings. The molecule has 0 unspecified atom stereocenters. The summed E-state index contributed by atoms with van der Waals surface area (Å²) in [6.07, 6.45) is 0. The third-order valence-corrected chi connectivity index (χ3v) is 13.3. The molecule has 0 saturated heterocycles. The van der Waals surface area contributed by atoms with Crippen LogP contribution >= 0.6 is 0 Å². The fourth-order valence-corrected chi connectivity index (χ4v) is 12.2. The Balaban J connectivity index is 4.39. The summed E-state index contributed by atoms with van der Waals surface area (Å²) in [5, 5.41) is 0. The number of hydrogen-bond donors (Lipinski definition) is 0. The van der Waals surface area contributed by atoms with E-state index >= 15 is 0 Å². The molecule has 0 saturated carbocycles. The molecule has 2 nitrogen and oxygen atoms in total. The molecule has 0 aromatic heterocycles. The van der Waals surface area contributed by atoms with E-state index in [1.807, 2.05) is 0 Å². The van der Waals surface area contributed by atoms with Crippen molar-refractivity contribution in [1.29, 1.82) is 0 Å². The van der Waals surface area contributed by atoms with Gasteiger partial charge in [0, 0.05) is 0 Å². The maximum atomic E-state index is 11.9. The van der Waals surface area contributed by atoms with Crippen molar-refractivity contribution in [2.45, 2.75) is 39.3 Å². The minimum Gasteiger partial charge on any atom is -0.375 e. The molecule has 0 amide bonds. The fraction of sp³-hybridized carbons (Fsp3) is 1.00. The highest BCUT2D eigenvalue weighted by atomic mass is 28.5. The minimum atomic E-state index is -1.34. The Kier molecular flexibility index (Phi) is 5.02. The van der Waals surface area contributed by atoms with Crippen molar-refractivity contribution in [1.82, 2.24) is 3.90 Å². The van der Waals surface area contributed by atoms with Gasteiger partial charge in [-0.15, -0.1) is 0 Å². The number of nitrogens with zero attached hydrogens (tertiary/aromatic N) is 1. The molecule has 0 atom stereocenters. The highest BCUT2D eigenvalue weighted by Crippen LogP contribution is 2.17. The Hall–Kier alpha value is 0.501. The summed E-state index contributed by atoms with van der Waals surface area (Å²) in [5.41, 5.74) is 0. The van der Waals surface area contributed by atoms with E-state index in [9.17, 15) is 4.39 Å². The Morgan fingerprint density at radius 1 is 1.08 bits per heavy atom. The van der Waals surface area contributed by atoms with Crippen LogP contribution in [0.4, 0.5) is 4.39 Å². The smallest absolute Gasteiger partial charge is 0.327 e. The maximum absolute atomic E-state index is 11.9. The van der Waals surface area contributed by atoms with Crippen LogP contribution in [0.1, 0.15) is 0 Å². The van der Waals surface area contributed by atoms with Crippen LogP contribution < -0.4 is 0 Å². The summed E-state index contributed by atoms with van der Waals surface area (Å²) < 4.78 is 19.3. The van der Waals surface area contributed by atoms with Crippen molar-refractivity contribution in [3.8, 4) is 0 Å². The third kappa shape index (κ3) is 5.06. The van der Waals surface area contributed by atoms with E-state index in [1.165, 1.54) is 0 Å². The van der Waals surface area contributed by atoms with E-state index in [0.717, 1.165) is 0 Å². The van der Waals surface area contributed by atoms with Crippen LogP contribution in [0.15, 0.2) is 0 Å². The largest absolute Gasteiger partial charge is 0.375 e. The van der Waals surface area contributed by atoms with Crippen molar-refractivity contribution >= 4 is 26.4 Å². The van der Waals surface area contributed by atoms with Gasteiger partial charge in [0.25, 0.3) is 0 Å². The Morgan fingerprint density at radius 3 is 1.69 bits per heavy atom. The van der Waals surface area contributed by atoms with Crippen molar-refractivity contribution in [3.63, 3.8) is 0 Å². The molecule has 0 spiro atoms. The van der Waals surface area contributed by atoms with Crippen LogP contribution in [0, 0.1) is 0 Å². The van der Waals surface area contributed by atoms with Gasteiger partial charge in [0.1, 0.15) is 16.5 Å². The van der Waals surface area contributed by atoms with Gasteiger partial charge in [0.05, 0.1) is 0 Å². The lowest BCUT2D eigenvalue weighted by molar-refractivity contribution is 0.193. The van der Waals surface area contributed by atoms with E-state index < -0.39 is 23.3 Å². The lowest BCUT2D eigenvalue weighted by Gasteiger charge is -2.42. The molecule has 0 bridgehead atoms. The number of halogens is 1. The highest BCUT2D eigenvalue weighted by Gasteiger charge is 2.35. The molecule has 6 heteroatoms. The molecule has 2 radical (unpaired) electrons. The summed E-state index contributed by atoms with van der Waals surface area (Å²) >= 11 is 0. The van der Waals surface area contributed by atoms with Crippen molar-refractivity contribution in [3.05, 3.63) is 0 Å². The number of alkyl halides is 1. The summed E-state index contributed by atoms with van der Waals surface area (Å²) in [6.45, 7) is 13.0. The van der Waals surface area contributed by atoms with Crippen LogP contribution in [-0.4, -0.2) is 37.2 Å². The van der Waals surface area contributed by atoms with Gasteiger partial charge in [-0.2, -0.15) is 0 Å². The monoisotopic (exact) mass is 237 g/mol. The van der Waals surface area contributed by atoms with Crippen molar-refractivity contribution in [2.24, 2.45) is 0 Å². The van der Waals surface area contributed by atoms with Gasteiger partial charge in [-0.05, 0) is 0 Å². The van der Waals surface area contributed by atoms with Crippen LogP contribution in [0.5, 0.6) is 0 Å². The molecule has 0 heterocycles. The average Bonchev–Trinajstić information content (AvgIpc) is 1.81. The lowest BCUT2D eigenvalue weighted by Crippen LogP contribution is -2.61. The molecule has 0 N–H and O–H groups in total. The van der Waals surface area contributed by atoms with E-state index in [-0.39, 0.29) is 9.92 Å². The van der Waals surface area contributed by atoms with Gasteiger partial charge in [0.2, 0.25) is 0 Å². The zero-order valence-corrected chi connectivity index (χ0v) is 12.4. The first-order valence-corrected chi connectivity index (χ1v) is 12.2. The van der Waals surface area contributed by atoms with E-state index in [2.05, 4.69) is 43.2 Å². The van der Waals surface area contributed by atoms with Crippen LogP contribution in [-0.2, 0) is 4.43 Å². The molecular weight excluding hydrogens is 217 g/mol. The van der Waals surface area contributed by atoms with Crippen molar-refractivity contribution < 1.29 is 8.82 Å². The topological polar surface area (TPSA) is 12.5 Å². The summed E-state index contributed by atoms with van der Waals surface area (Å²) in [6, 6.07) is 0. The van der Waals surface area contributed by atoms with E-state index in [4.69, 9.17) is 4.43 Å². The zero-order chi connectivity index (χ0) is 10.7. The minimum absolute atomic E-state index is 0.208. The summed E-state index contributed by atoms with van der Waals surface area (Å²) in [7, 11) is -2.48. The molecule has 0 aromatic carbocycles. The lowest BCUT2D eigenvalue weighted by atomic mass is 11.6. The molecule has 0 aliphatic rings. The predicted molar refractivity (Wildman–Crippen MR) is 61.3 cm³/mol.